The van der Waals surface area contributed by atoms with E-state index >= 15 is 0 Å². The van der Waals surface area contributed by atoms with Crippen LogP contribution >= 0.6 is 15.9 Å². The fourth-order valence-corrected chi connectivity index (χ4v) is 0.718. The second kappa shape index (κ2) is 7.18. The summed E-state index contributed by atoms with van der Waals surface area (Å²) in [5.41, 5.74) is 0. The third-order valence-electron chi connectivity index (χ3n) is 1.28. The Morgan fingerprint density at radius 2 is 1.77 bits per heavy atom. The molecule has 0 aromatic rings. The summed E-state index contributed by atoms with van der Waals surface area (Å²) in [6, 6.07) is 0. The quantitative estimate of drug-likeness (QED) is 0.558. The van der Waals surface area contributed by atoms with Gasteiger partial charge in [0.1, 0.15) is 0 Å². The summed E-state index contributed by atoms with van der Waals surface area (Å²) in [6.07, 6.45) is -0.568. The molecule has 0 saturated heterocycles. The third kappa shape index (κ3) is 8.09. The molecule has 0 aromatic heterocycles. The van der Waals surface area contributed by atoms with Crippen LogP contribution in [0, 0.1) is 11.8 Å². The van der Waals surface area contributed by atoms with Crippen LogP contribution in [0.15, 0.2) is 0 Å². The van der Waals surface area contributed by atoms with Crippen LogP contribution in [-0.4, -0.2) is 24.7 Å². The molecule has 0 amide bonds. The number of halogens is 1. The molecule has 0 aromatic carbocycles. The van der Waals surface area contributed by atoms with E-state index in [0.717, 1.165) is 5.33 Å². The molecule has 0 heterocycles. The minimum absolute atomic E-state index is 0.326. The maximum atomic E-state index is 10.9. The summed E-state index contributed by atoms with van der Waals surface area (Å²) in [4.78, 5) is 10.9. The molecule has 0 bridgehead atoms. The minimum Gasteiger partial charge on any atom is -0.434 e. The first kappa shape index (κ1) is 12.8. The van der Waals surface area contributed by atoms with E-state index in [1.807, 2.05) is 20.8 Å². The highest BCUT2D eigenvalue weighted by Crippen LogP contribution is 2.02. The van der Waals surface area contributed by atoms with Gasteiger partial charge in [0.2, 0.25) is 0 Å². The van der Waals surface area contributed by atoms with Crippen molar-refractivity contribution in [3.63, 3.8) is 0 Å². The zero-order valence-electron chi connectivity index (χ0n) is 8.38. The van der Waals surface area contributed by atoms with E-state index in [1.54, 1.807) is 0 Å². The molecular weight excluding hydrogens is 236 g/mol. The first-order chi connectivity index (χ1) is 6.06. The van der Waals surface area contributed by atoms with Crippen LogP contribution in [0.25, 0.3) is 0 Å². The van der Waals surface area contributed by atoms with Gasteiger partial charge in [-0.25, -0.2) is 4.79 Å². The van der Waals surface area contributed by atoms with E-state index in [4.69, 9.17) is 9.47 Å². The van der Waals surface area contributed by atoms with Crippen molar-refractivity contribution in [2.45, 2.75) is 20.8 Å². The summed E-state index contributed by atoms with van der Waals surface area (Å²) in [5.74, 6) is 0.674. The second-order valence-corrected chi connectivity index (χ2v) is 4.17. The van der Waals surface area contributed by atoms with Crippen molar-refractivity contribution in [3.8, 4) is 0 Å². The van der Waals surface area contributed by atoms with Crippen LogP contribution in [0.2, 0.25) is 0 Å². The van der Waals surface area contributed by atoms with E-state index in [0.29, 0.717) is 25.0 Å². The number of carbonyl (C=O) groups excluding carboxylic acids is 1. The Labute approximate surface area is 87.9 Å². The van der Waals surface area contributed by atoms with Crippen molar-refractivity contribution in [2.24, 2.45) is 11.8 Å². The van der Waals surface area contributed by atoms with Crippen LogP contribution in [-0.2, 0) is 9.47 Å². The third-order valence-corrected chi connectivity index (χ3v) is 2.39. The Kier molecular flexibility index (Phi) is 7.04. The standard InChI is InChI=1S/C9H17BrO3/c1-7(2)5-12-9(11)13-6-8(3)4-10/h7-8H,4-6H2,1-3H3. The fourth-order valence-electron chi connectivity index (χ4n) is 0.531. The van der Waals surface area contributed by atoms with E-state index < -0.39 is 6.16 Å². The van der Waals surface area contributed by atoms with Gasteiger partial charge < -0.3 is 9.47 Å². The normalized spacial score (nSPS) is 12.7. The molecule has 0 spiro atoms. The van der Waals surface area contributed by atoms with Gasteiger partial charge in [0.25, 0.3) is 0 Å². The minimum atomic E-state index is -0.568. The van der Waals surface area contributed by atoms with Crippen LogP contribution in [0.4, 0.5) is 4.79 Å². The summed E-state index contributed by atoms with van der Waals surface area (Å²) < 4.78 is 9.68. The SMILES string of the molecule is CC(C)COC(=O)OCC(C)CBr. The molecule has 0 rings (SSSR count). The summed E-state index contributed by atoms with van der Waals surface area (Å²) >= 11 is 3.29. The molecule has 1 atom stereocenters. The van der Waals surface area contributed by atoms with Crippen molar-refractivity contribution < 1.29 is 14.3 Å². The highest BCUT2D eigenvalue weighted by atomic mass is 79.9. The Morgan fingerprint density at radius 1 is 1.23 bits per heavy atom. The Hall–Kier alpha value is -0.250. The number of rotatable bonds is 5. The highest BCUT2D eigenvalue weighted by Gasteiger charge is 2.07. The monoisotopic (exact) mass is 252 g/mol. The number of alkyl halides is 1. The molecule has 0 aliphatic rings. The second-order valence-electron chi connectivity index (χ2n) is 3.53. The number of ether oxygens (including phenoxy) is 2. The average molecular weight is 253 g/mol. The van der Waals surface area contributed by atoms with Gasteiger partial charge in [-0.2, -0.15) is 0 Å². The molecule has 0 radical (unpaired) electrons. The van der Waals surface area contributed by atoms with Gasteiger partial charge in [-0.3, -0.25) is 0 Å². The average Bonchev–Trinajstić information content (AvgIpc) is 2.10. The largest absolute Gasteiger partial charge is 0.508 e. The van der Waals surface area contributed by atoms with Crippen LogP contribution in [0.5, 0.6) is 0 Å². The van der Waals surface area contributed by atoms with Crippen molar-refractivity contribution in [3.05, 3.63) is 0 Å². The van der Waals surface area contributed by atoms with E-state index in [9.17, 15) is 4.79 Å². The van der Waals surface area contributed by atoms with Gasteiger partial charge in [-0.05, 0) is 5.92 Å². The molecule has 0 N–H and O–H groups in total. The molecule has 0 fully saturated rings. The maximum Gasteiger partial charge on any atom is 0.508 e. The lowest BCUT2D eigenvalue weighted by atomic mass is 10.2. The van der Waals surface area contributed by atoms with Gasteiger partial charge in [-0.15, -0.1) is 0 Å². The molecule has 0 aliphatic heterocycles. The predicted molar refractivity (Wildman–Crippen MR) is 55.1 cm³/mol. The zero-order valence-corrected chi connectivity index (χ0v) is 9.96. The molecule has 0 saturated carbocycles. The fraction of sp³-hybridized carbons (Fsp3) is 0.889. The summed E-state index contributed by atoms with van der Waals surface area (Å²) in [5, 5.41) is 0.824. The Morgan fingerprint density at radius 3 is 2.23 bits per heavy atom. The van der Waals surface area contributed by atoms with Crippen LogP contribution in [0.1, 0.15) is 20.8 Å². The molecule has 3 nitrogen and oxygen atoms in total. The molecule has 1 unspecified atom stereocenters. The van der Waals surface area contributed by atoms with Gasteiger partial charge in [0.15, 0.2) is 0 Å². The Balaban J connectivity index is 3.40. The molecular formula is C9H17BrO3. The molecule has 4 heteroatoms. The van der Waals surface area contributed by atoms with E-state index in [2.05, 4.69) is 15.9 Å². The lowest BCUT2D eigenvalue weighted by molar-refractivity contribution is 0.0409. The van der Waals surface area contributed by atoms with Crippen molar-refractivity contribution in [1.82, 2.24) is 0 Å². The molecule has 0 aliphatic carbocycles. The number of carbonyl (C=O) groups is 1. The first-order valence-electron chi connectivity index (χ1n) is 4.41. The maximum absolute atomic E-state index is 10.9. The molecule has 78 valence electrons. The Bertz CT molecular complexity index is 148. The van der Waals surface area contributed by atoms with Crippen molar-refractivity contribution >= 4 is 22.1 Å². The van der Waals surface area contributed by atoms with Gasteiger partial charge in [0.05, 0.1) is 13.2 Å². The van der Waals surface area contributed by atoms with Crippen LogP contribution < -0.4 is 0 Å². The number of hydrogen-bond donors (Lipinski definition) is 0. The van der Waals surface area contributed by atoms with Gasteiger partial charge in [-0.1, -0.05) is 36.7 Å². The predicted octanol–water partition coefficient (Wildman–Crippen LogP) is 2.83. The van der Waals surface area contributed by atoms with E-state index in [-0.39, 0.29) is 0 Å². The van der Waals surface area contributed by atoms with Crippen molar-refractivity contribution in [2.75, 3.05) is 18.5 Å². The topological polar surface area (TPSA) is 35.5 Å². The van der Waals surface area contributed by atoms with Gasteiger partial charge >= 0.3 is 6.16 Å². The lowest BCUT2D eigenvalue weighted by Gasteiger charge is -2.10. The van der Waals surface area contributed by atoms with E-state index in [1.165, 1.54) is 0 Å². The lowest BCUT2D eigenvalue weighted by Crippen LogP contribution is -2.16. The smallest absolute Gasteiger partial charge is 0.434 e. The zero-order chi connectivity index (χ0) is 10.3. The molecule has 13 heavy (non-hydrogen) atoms. The summed E-state index contributed by atoms with van der Waals surface area (Å²) in [7, 11) is 0. The number of hydrogen-bond acceptors (Lipinski definition) is 3. The van der Waals surface area contributed by atoms with Crippen LogP contribution in [0.3, 0.4) is 0 Å². The first-order valence-corrected chi connectivity index (χ1v) is 5.54. The van der Waals surface area contributed by atoms with Crippen molar-refractivity contribution in [1.29, 1.82) is 0 Å². The van der Waals surface area contributed by atoms with Gasteiger partial charge in [0, 0.05) is 11.2 Å². The summed E-state index contributed by atoms with van der Waals surface area (Å²) in [6.45, 7) is 6.77. The highest BCUT2D eigenvalue weighted by molar-refractivity contribution is 9.09.